The lowest BCUT2D eigenvalue weighted by molar-refractivity contribution is 0.0890. The summed E-state index contributed by atoms with van der Waals surface area (Å²) in [4.78, 5) is 25.0. The summed E-state index contributed by atoms with van der Waals surface area (Å²) in [6.07, 6.45) is 5.06. The first-order valence-electron chi connectivity index (χ1n) is 5.56. The van der Waals surface area contributed by atoms with E-state index in [1.807, 2.05) is 0 Å². The van der Waals surface area contributed by atoms with Crippen LogP contribution in [-0.4, -0.2) is 17.4 Å². The summed E-state index contributed by atoms with van der Waals surface area (Å²) < 4.78 is 0. The van der Waals surface area contributed by atoms with E-state index in [0.717, 1.165) is 0 Å². The number of amides is 1. The van der Waals surface area contributed by atoms with Gasteiger partial charge in [0.1, 0.15) is 0 Å². The normalized spacial score (nSPS) is 17.6. The molecule has 4 heteroatoms. The smallest absolute Gasteiger partial charge is 0.252 e. The molecule has 1 aliphatic carbocycles. The second-order valence-electron chi connectivity index (χ2n) is 4.79. The number of hydrogen-bond donors (Lipinski definition) is 2. The Labute approximate surface area is 94.1 Å². The van der Waals surface area contributed by atoms with Crippen molar-refractivity contribution in [3.63, 3.8) is 0 Å². The van der Waals surface area contributed by atoms with E-state index in [1.54, 1.807) is 0 Å². The third-order valence-electron chi connectivity index (χ3n) is 3.28. The molecule has 1 fully saturated rings. The molecular weight excluding hydrogens is 204 g/mol. The Morgan fingerprint density at radius 1 is 1.50 bits per heavy atom. The summed E-state index contributed by atoms with van der Waals surface area (Å²) in [5, 5.41) is 2.90. The lowest BCUT2D eigenvalue weighted by Gasteiger charge is -2.38. The second kappa shape index (κ2) is 4.12. The molecule has 2 N–H and O–H groups in total. The van der Waals surface area contributed by atoms with Crippen molar-refractivity contribution in [2.24, 2.45) is 5.41 Å². The van der Waals surface area contributed by atoms with E-state index in [2.05, 4.69) is 17.2 Å². The number of pyridine rings is 1. The zero-order chi connectivity index (χ0) is 11.6. The van der Waals surface area contributed by atoms with Gasteiger partial charge in [-0.15, -0.1) is 0 Å². The summed E-state index contributed by atoms with van der Waals surface area (Å²) in [6.45, 7) is 2.90. The predicted octanol–water partition coefficient (Wildman–Crippen LogP) is 1.29. The Hall–Kier alpha value is -1.58. The molecule has 1 saturated carbocycles. The van der Waals surface area contributed by atoms with Crippen molar-refractivity contribution in [2.45, 2.75) is 26.2 Å². The number of carbonyl (C=O) groups is 1. The van der Waals surface area contributed by atoms with E-state index in [9.17, 15) is 9.59 Å². The zero-order valence-electron chi connectivity index (χ0n) is 9.38. The molecular formula is C12H16N2O2. The van der Waals surface area contributed by atoms with E-state index in [1.165, 1.54) is 37.6 Å². The van der Waals surface area contributed by atoms with Crippen LogP contribution in [0.5, 0.6) is 0 Å². The van der Waals surface area contributed by atoms with Crippen LogP contribution in [0.4, 0.5) is 0 Å². The highest BCUT2D eigenvalue weighted by atomic mass is 16.1. The van der Waals surface area contributed by atoms with Crippen LogP contribution in [0.3, 0.4) is 0 Å². The molecule has 0 aromatic carbocycles. The lowest BCUT2D eigenvalue weighted by Crippen LogP contribution is -2.40. The minimum Gasteiger partial charge on any atom is -0.351 e. The molecule has 4 nitrogen and oxygen atoms in total. The standard InChI is InChI=1S/C12H16N2O2/c1-12(5-2-6-12)8-14-11(16)9-3-4-10(15)13-7-9/h3-4,7H,2,5-6,8H2,1H3,(H,13,15)(H,14,16). The van der Waals surface area contributed by atoms with Gasteiger partial charge in [-0.05, 0) is 24.3 Å². The van der Waals surface area contributed by atoms with Crippen LogP contribution in [0.2, 0.25) is 0 Å². The van der Waals surface area contributed by atoms with Crippen molar-refractivity contribution in [3.8, 4) is 0 Å². The van der Waals surface area contributed by atoms with E-state index >= 15 is 0 Å². The van der Waals surface area contributed by atoms with Gasteiger partial charge in [-0.1, -0.05) is 13.3 Å². The van der Waals surface area contributed by atoms with Crippen LogP contribution in [0.25, 0.3) is 0 Å². The molecule has 0 saturated heterocycles. The Bertz CT molecular complexity index is 426. The Kier molecular flexibility index (Phi) is 2.81. The molecule has 86 valence electrons. The van der Waals surface area contributed by atoms with Crippen molar-refractivity contribution in [1.29, 1.82) is 0 Å². The number of nitrogens with one attached hydrogen (secondary N) is 2. The fourth-order valence-corrected chi connectivity index (χ4v) is 1.90. The molecule has 1 amide bonds. The Balaban J connectivity index is 1.92. The number of aromatic amines is 1. The fourth-order valence-electron chi connectivity index (χ4n) is 1.90. The molecule has 1 aromatic rings. The summed E-state index contributed by atoms with van der Waals surface area (Å²) >= 11 is 0. The monoisotopic (exact) mass is 220 g/mol. The molecule has 0 spiro atoms. The molecule has 1 heterocycles. The van der Waals surface area contributed by atoms with Crippen LogP contribution in [0.15, 0.2) is 23.1 Å². The number of carbonyl (C=O) groups excluding carboxylic acids is 1. The average molecular weight is 220 g/mol. The maximum atomic E-state index is 11.7. The Morgan fingerprint density at radius 2 is 2.25 bits per heavy atom. The first-order valence-corrected chi connectivity index (χ1v) is 5.56. The van der Waals surface area contributed by atoms with Crippen LogP contribution in [-0.2, 0) is 0 Å². The van der Waals surface area contributed by atoms with E-state index in [-0.39, 0.29) is 16.9 Å². The van der Waals surface area contributed by atoms with Crippen molar-refractivity contribution in [1.82, 2.24) is 10.3 Å². The van der Waals surface area contributed by atoms with Crippen molar-refractivity contribution in [2.75, 3.05) is 6.54 Å². The van der Waals surface area contributed by atoms with Gasteiger partial charge in [-0.3, -0.25) is 9.59 Å². The predicted molar refractivity (Wildman–Crippen MR) is 61.4 cm³/mol. The molecule has 1 aliphatic rings. The van der Waals surface area contributed by atoms with Gasteiger partial charge >= 0.3 is 0 Å². The minimum absolute atomic E-state index is 0.121. The zero-order valence-corrected chi connectivity index (χ0v) is 9.38. The van der Waals surface area contributed by atoms with Gasteiger partial charge in [0.2, 0.25) is 5.56 Å². The summed E-state index contributed by atoms with van der Waals surface area (Å²) in [5.74, 6) is -0.121. The van der Waals surface area contributed by atoms with Gasteiger partial charge in [-0.25, -0.2) is 0 Å². The SMILES string of the molecule is CC1(CNC(=O)c2ccc(=O)[nH]c2)CCC1. The van der Waals surface area contributed by atoms with Crippen molar-refractivity contribution < 1.29 is 4.79 Å². The van der Waals surface area contributed by atoms with Gasteiger partial charge in [-0.2, -0.15) is 0 Å². The number of rotatable bonds is 3. The lowest BCUT2D eigenvalue weighted by atomic mass is 9.70. The maximum absolute atomic E-state index is 11.7. The Morgan fingerprint density at radius 3 is 2.75 bits per heavy atom. The van der Waals surface area contributed by atoms with Gasteiger partial charge in [0, 0.05) is 18.8 Å². The molecule has 0 atom stereocenters. The molecule has 0 bridgehead atoms. The number of aromatic nitrogens is 1. The summed E-state index contributed by atoms with van der Waals surface area (Å²) in [7, 11) is 0. The van der Waals surface area contributed by atoms with Crippen LogP contribution in [0, 0.1) is 5.41 Å². The third-order valence-corrected chi connectivity index (χ3v) is 3.28. The molecule has 0 aliphatic heterocycles. The first-order chi connectivity index (χ1) is 7.59. The molecule has 16 heavy (non-hydrogen) atoms. The fraction of sp³-hybridized carbons (Fsp3) is 0.500. The molecule has 0 radical (unpaired) electrons. The largest absolute Gasteiger partial charge is 0.351 e. The molecule has 2 rings (SSSR count). The van der Waals surface area contributed by atoms with Gasteiger partial charge in [0.05, 0.1) is 5.56 Å². The van der Waals surface area contributed by atoms with Crippen LogP contribution >= 0.6 is 0 Å². The first kappa shape index (κ1) is 10.9. The van der Waals surface area contributed by atoms with Crippen molar-refractivity contribution >= 4 is 5.91 Å². The summed E-state index contributed by atoms with van der Waals surface area (Å²) in [6, 6.07) is 2.90. The van der Waals surface area contributed by atoms with E-state index < -0.39 is 0 Å². The topological polar surface area (TPSA) is 62.0 Å². The maximum Gasteiger partial charge on any atom is 0.252 e. The van der Waals surface area contributed by atoms with Gasteiger partial charge in [0.15, 0.2) is 0 Å². The van der Waals surface area contributed by atoms with Crippen LogP contribution < -0.4 is 10.9 Å². The molecule has 1 aromatic heterocycles. The minimum atomic E-state index is -0.192. The van der Waals surface area contributed by atoms with E-state index in [4.69, 9.17) is 0 Å². The average Bonchev–Trinajstić information content (AvgIpc) is 2.24. The second-order valence-corrected chi connectivity index (χ2v) is 4.79. The number of hydrogen-bond acceptors (Lipinski definition) is 2. The van der Waals surface area contributed by atoms with Crippen molar-refractivity contribution in [3.05, 3.63) is 34.2 Å². The highest BCUT2D eigenvalue weighted by Crippen LogP contribution is 2.39. The van der Waals surface area contributed by atoms with Gasteiger partial charge < -0.3 is 10.3 Å². The third kappa shape index (κ3) is 2.32. The van der Waals surface area contributed by atoms with Crippen LogP contribution in [0.1, 0.15) is 36.5 Å². The quantitative estimate of drug-likeness (QED) is 0.806. The summed E-state index contributed by atoms with van der Waals surface area (Å²) in [5.41, 5.74) is 0.586. The molecule has 0 unspecified atom stereocenters. The van der Waals surface area contributed by atoms with Gasteiger partial charge in [0.25, 0.3) is 5.91 Å². The highest BCUT2D eigenvalue weighted by Gasteiger charge is 2.31. The highest BCUT2D eigenvalue weighted by molar-refractivity contribution is 5.93. The van der Waals surface area contributed by atoms with E-state index in [0.29, 0.717) is 12.1 Å². The number of H-pyrrole nitrogens is 1.